The van der Waals surface area contributed by atoms with Crippen molar-refractivity contribution in [3.63, 3.8) is 0 Å². The molecule has 3 aromatic rings. The number of aromatic nitrogens is 1. The highest BCUT2D eigenvalue weighted by Gasteiger charge is 2.31. The van der Waals surface area contributed by atoms with Gasteiger partial charge in [0, 0.05) is 42.2 Å². The molecule has 7 nitrogen and oxygen atoms in total. The maximum absolute atomic E-state index is 13.2. The number of aryl methyl sites for hydroxylation is 1. The number of anilines is 1. The van der Waals surface area contributed by atoms with Crippen molar-refractivity contribution in [1.82, 2.24) is 4.98 Å². The van der Waals surface area contributed by atoms with Gasteiger partial charge in [0.1, 0.15) is 11.6 Å². The van der Waals surface area contributed by atoms with Crippen LogP contribution in [-0.2, 0) is 33.7 Å². The highest BCUT2D eigenvalue weighted by atomic mass is 19.1. The quantitative estimate of drug-likeness (QED) is 0.274. The molecule has 2 fully saturated rings. The van der Waals surface area contributed by atoms with E-state index < -0.39 is 5.97 Å². The largest absolute Gasteiger partial charge is 0.493 e. The van der Waals surface area contributed by atoms with Crippen molar-refractivity contribution in [3.05, 3.63) is 76.9 Å². The van der Waals surface area contributed by atoms with Crippen LogP contribution in [0.5, 0.6) is 5.75 Å². The number of hydrogen-bond acceptors (Lipinski definition) is 6. The summed E-state index contributed by atoms with van der Waals surface area (Å²) in [5.41, 5.74) is 6.41. The van der Waals surface area contributed by atoms with Crippen molar-refractivity contribution >= 4 is 11.7 Å². The lowest BCUT2D eigenvalue weighted by molar-refractivity contribution is -0.136. The smallest absolute Gasteiger partial charge is 0.307 e. The van der Waals surface area contributed by atoms with Gasteiger partial charge in [-0.25, -0.2) is 4.39 Å². The van der Waals surface area contributed by atoms with Crippen LogP contribution in [0.25, 0.3) is 11.1 Å². The summed E-state index contributed by atoms with van der Waals surface area (Å²) < 4.78 is 30.5. The number of hydrogen-bond donors (Lipinski definition) is 1. The maximum atomic E-state index is 13.2. The second kappa shape index (κ2) is 13.2. The summed E-state index contributed by atoms with van der Waals surface area (Å²) in [6.07, 6.45) is 2.60. The second-order valence-corrected chi connectivity index (χ2v) is 12.2. The Morgan fingerprint density at radius 2 is 1.79 bits per heavy atom. The highest BCUT2D eigenvalue weighted by Crippen LogP contribution is 2.42. The van der Waals surface area contributed by atoms with E-state index in [0.717, 1.165) is 65.3 Å². The van der Waals surface area contributed by atoms with Gasteiger partial charge < -0.3 is 24.2 Å². The third-order valence-electron chi connectivity index (χ3n) is 8.31. The molecule has 2 aliphatic rings. The van der Waals surface area contributed by atoms with Crippen LogP contribution in [-0.4, -0.2) is 55.6 Å². The van der Waals surface area contributed by atoms with Crippen LogP contribution in [0.2, 0.25) is 0 Å². The van der Waals surface area contributed by atoms with E-state index in [1.54, 1.807) is 12.1 Å². The second-order valence-electron chi connectivity index (χ2n) is 12.2. The first-order valence-corrected chi connectivity index (χ1v) is 14.8. The van der Waals surface area contributed by atoms with E-state index in [4.69, 9.17) is 19.2 Å². The van der Waals surface area contributed by atoms with Crippen molar-refractivity contribution in [1.29, 1.82) is 0 Å². The Bertz CT molecular complexity index is 1360. The third kappa shape index (κ3) is 7.47. The molecule has 8 heteroatoms. The lowest BCUT2D eigenvalue weighted by Crippen LogP contribution is -2.38. The molecule has 0 aliphatic carbocycles. The topological polar surface area (TPSA) is 81.1 Å². The minimum atomic E-state index is -0.885. The molecule has 0 unspecified atom stereocenters. The number of nitrogens with zero attached hydrogens (tertiary/aromatic N) is 2. The molecule has 0 spiro atoms. The number of piperidine rings is 1. The van der Waals surface area contributed by atoms with Gasteiger partial charge in [0.15, 0.2) is 0 Å². The van der Waals surface area contributed by atoms with Gasteiger partial charge in [0.05, 0.1) is 50.8 Å². The normalized spacial score (nSPS) is 16.7. The van der Waals surface area contributed by atoms with Crippen LogP contribution in [0.4, 0.5) is 10.1 Å². The number of carboxylic acid groups (broad SMARTS) is 1. The molecule has 42 heavy (non-hydrogen) atoms. The Balaban J connectivity index is 1.43. The van der Waals surface area contributed by atoms with Crippen LogP contribution in [0, 0.1) is 24.1 Å². The first kappa shape index (κ1) is 30.0. The summed E-state index contributed by atoms with van der Waals surface area (Å²) in [5, 5.41) is 9.96. The number of carbonyl (C=O) groups is 1. The molecule has 2 aromatic carbocycles. The lowest BCUT2D eigenvalue weighted by atomic mass is 9.82. The lowest BCUT2D eigenvalue weighted by Gasteiger charge is -2.40. The Labute approximate surface area is 247 Å². The van der Waals surface area contributed by atoms with Gasteiger partial charge in [0.2, 0.25) is 0 Å². The van der Waals surface area contributed by atoms with Gasteiger partial charge >= 0.3 is 5.97 Å². The minimum Gasteiger partial charge on any atom is -0.493 e. The number of rotatable bonds is 12. The molecule has 0 radical (unpaired) electrons. The fourth-order valence-corrected chi connectivity index (χ4v) is 5.63. The zero-order chi connectivity index (χ0) is 29.7. The summed E-state index contributed by atoms with van der Waals surface area (Å²) in [7, 11) is 0. The monoisotopic (exact) mass is 576 g/mol. The number of benzene rings is 2. The zero-order valence-corrected chi connectivity index (χ0v) is 24.8. The van der Waals surface area contributed by atoms with Gasteiger partial charge in [0.25, 0.3) is 0 Å². The molecule has 0 amide bonds. The number of carboxylic acids is 1. The molecule has 0 saturated carbocycles. The summed E-state index contributed by atoms with van der Waals surface area (Å²) >= 11 is 0. The highest BCUT2D eigenvalue weighted by molar-refractivity contribution is 5.86. The molecule has 0 atom stereocenters. The number of aliphatic carboxylic acids is 1. The number of halogens is 1. The van der Waals surface area contributed by atoms with Crippen LogP contribution < -0.4 is 9.64 Å². The maximum Gasteiger partial charge on any atom is 0.307 e. The Morgan fingerprint density at radius 3 is 2.40 bits per heavy atom. The van der Waals surface area contributed by atoms with E-state index in [1.165, 1.54) is 12.1 Å². The number of pyridine rings is 1. The van der Waals surface area contributed by atoms with Crippen molar-refractivity contribution in [2.45, 2.75) is 53.1 Å². The van der Waals surface area contributed by atoms with E-state index in [0.29, 0.717) is 44.5 Å². The molecule has 3 heterocycles. The molecule has 0 bridgehead atoms. The third-order valence-corrected chi connectivity index (χ3v) is 8.31. The Morgan fingerprint density at radius 1 is 1.10 bits per heavy atom. The van der Waals surface area contributed by atoms with E-state index >= 15 is 0 Å². The van der Waals surface area contributed by atoms with E-state index in [1.807, 2.05) is 31.2 Å². The van der Waals surface area contributed by atoms with Gasteiger partial charge in [-0.3, -0.25) is 9.78 Å². The van der Waals surface area contributed by atoms with Crippen molar-refractivity contribution in [2.24, 2.45) is 11.3 Å². The first-order valence-electron chi connectivity index (χ1n) is 14.8. The van der Waals surface area contributed by atoms with Gasteiger partial charge in [-0.15, -0.1) is 0 Å². The predicted octanol–water partition coefficient (Wildman–Crippen LogP) is 6.23. The summed E-state index contributed by atoms with van der Waals surface area (Å²) in [6.45, 7) is 11.0. The Hall–Kier alpha value is -3.49. The molecule has 2 aliphatic heterocycles. The summed E-state index contributed by atoms with van der Waals surface area (Å²) in [6, 6.07) is 14.4. The van der Waals surface area contributed by atoms with Gasteiger partial charge in [-0.2, -0.15) is 0 Å². The summed E-state index contributed by atoms with van der Waals surface area (Å²) in [4.78, 5) is 19.4. The van der Waals surface area contributed by atoms with Gasteiger partial charge in [-0.1, -0.05) is 38.1 Å². The van der Waals surface area contributed by atoms with Crippen LogP contribution in [0.1, 0.15) is 49.2 Å². The molecule has 224 valence electrons. The average molecular weight is 577 g/mol. The SMILES string of the molecule is Cc1nc(COCC2COC2)c(CC(=O)O)c(N2CCC(C)(C)CC2)c1-c1ccc(OCCc2ccc(F)cc2)cc1. The predicted molar refractivity (Wildman–Crippen MR) is 161 cm³/mol. The van der Waals surface area contributed by atoms with Crippen molar-refractivity contribution in [2.75, 3.05) is 44.4 Å². The van der Waals surface area contributed by atoms with Crippen molar-refractivity contribution < 1.29 is 28.5 Å². The number of ether oxygens (including phenoxy) is 3. The molecule has 1 N–H and O–H groups in total. The van der Waals surface area contributed by atoms with Crippen LogP contribution in [0.15, 0.2) is 48.5 Å². The molecule has 2 saturated heterocycles. The van der Waals surface area contributed by atoms with E-state index in [2.05, 4.69) is 18.7 Å². The first-order chi connectivity index (χ1) is 20.2. The van der Waals surface area contributed by atoms with Gasteiger partial charge in [-0.05, 0) is 60.6 Å². The fraction of sp³-hybridized carbons (Fsp3) is 0.471. The minimum absolute atomic E-state index is 0.120. The average Bonchev–Trinajstić information content (AvgIpc) is 2.93. The van der Waals surface area contributed by atoms with Crippen LogP contribution in [0.3, 0.4) is 0 Å². The van der Waals surface area contributed by atoms with E-state index in [9.17, 15) is 14.3 Å². The zero-order valence-electron chi connectivity index (χ0n) is 24.8. The standard InChI is InChI=1S/C34H41FN2O5/c1-23-32(26-6-10-28(11-7-26)42-17-12-24-4-8-27(35)9-5-24)33(37-15-13-34(2,3)14-16-37)29(18-31(38)39)30(36-23)22-41-21-25-19-40-20-25/h4-11,25H,12-22H2,1-3H3,(H,38,39). The van der Waals surface area contributed by atoms with E-state index in [-0.39, 0.29) is 24.3 Å². The molecular formula is C34H41FN2O5. The molecule has 1 aromatic heterocycles. The van der Waals surface area contributed by atoms with Crippen LogP contribution >= 0.6 is 0 Å². The van der Waals surface area contributed by atoms with Crippen molar-refractivity contribution in [3.8, 4) is 16.9 Å². The molecular weight excluding hydrogens is 535 g/mol. The fourth-order valence-electron chi connectivity index (χ4n) is 5.63. The molecule has 5 rings (SSSR count). The summed E-state index contributed by atoms with van der Waals surface area (Å²) in [5.74, 6) is -0.00994. The Kier molecular flexibility index (Phi) is 9.43.